The highest BCUT2D eigenvalue weighted by atomic mass is 32.2. The van der Waals surface area contributed by atoms with E-state index in [1.54, 1.807) is 6.07 Å². The Morgan fingerprint density at radius 3 is 2.78 bits per heavy atom. The summed E-state index contributed by atoms with van der Waals surface area (Å²) in [5, 5.41) is 5.18. The first-order valence-corrected chi connectivity index (χ1v) is 8.64. The van der Waals surface area contributed by atoms with E-state index < -0.39 is 10.0 Å². The third kappa shape index (κ3) is 4.05. The van der Waals surface area contributed by atoms with Crippen LogP contribution in [0.5, 0.6) is 0 Å². The minimum atomic E-state index is -3.29. The Balaban J connectivity index is 1.94. The van der Waals surface area contributed by atoms with Gasteiger partial charge in [-0.2, -0.15) is 0 Å². The maximum Gasteiger partial charge on any atom is 0.250 e. The van der Waals surface area contributed by atoms with Crippen LogP contribution in [0.15, 0.2) is 15.7 Å². The van der Waals surface area contributed by atoms with Gasteiger partial charge in [0.25, 0.3) is 0 Å². The van der Waals surface area contributed by atoms with E-state index in [2.05, 4.69) is 23.9 Å². The van der Waals surface area contributed by atoms with Gasteiger partial charge in [-0.25, -0.2) is 13.1 Å². The molecular weight excluding hydrogens is 268 g/mol. The Morgan fingerprint density at radius 1 is 1.44 bits per heavy atom. The third-order valence-electron chi connectivity index (χ3n) is 2.87. The minimum absolute atomic E-state index is 0.401. The molecule has 0 radical (unpaired) electrons. The topological polar surface area (TPSA) is 58.2 Å². The van der Waals surface area contributed by atoms with Gasteiger partial charge in [-0.1, -0.05) is 13.8 Å². The summed E-state index contributed by atoms with van der Waals surface area (Å²) in [6.45, 7) is 5.44. The van der Waals surface area contributed by atoms with Crippen LogP contribution >= 0.6 is 11.3 Å². The molecule has 0 amide bonds. The van der Waals surface area contributed by atoms with Crippen molar-refractivity contribution in [1.82, 2.24) is 10.0 Å². The highest BCUT2D eigenvalue weighted by Gasteiger charge is 2.24. The maximum absolute atomic E-state index is 12.0. The smallest absolute Gasteiger partial charge is 0.250 e. The summed E-state index contributed by atoms with van der Waals surface area (Å²) in [4.78, 5) is 0. The standard InChI is InChI=1S/C12H20N2O2S2/c1-9(2)13-6-11-5-12(17-8-11)18(15,16)14-7-10-3-4-10/h5,8-10,13-14H,3-4,6-7H2,1-2H3. The van der Waals surface area contributed by atoms with Gasteiger partial charge in [-0.15, -0.1) is 11.3 Å². The Hall–Kier alpha value is -0.430. The fraction of sp³-hybridized carbons (Fsp3) is 0.667. The Bertz CT molecular complexity index is 490. The van der Waals surface area contributed by atoms with Gasteiger partial charge in [0.05, 0.1) is 0 Å². The zero-order chi connectivity index (χ0) is 13.2. The quantitative estimate of drug-likeness (QED) is 0.806. The lowest BCUT2D eigenvalue weighted by molar-refractivity contribution is 0.578. The number of sulfonamides is 1. The SMILES string of the molecule is CC(C)NCc1csc(S(=O)(=O)NCC2CC2)c1. The molecule has 2 N–H and O–H groups in total. The van der Waals surface area contributed by atoms with E-state index in [4.69, 9.17) is 0 Å². The molecule has 1 aliphatic carbocycles. The maximum atomic E-state index is 12.0. The highest BCUT2D eigenvalue weighted by molar-refractivity contribution is 7.91. The van der Waals surface area contributed by atoms with E-state index in [-0.39, 0.29) is 0 Å². The number of thiophene rings is 1. The van der Waals surface area contributed by atoms with Crippen LogP contribution in [-0.2, 0) is 16.6 Å². The molecule has 18 heavy (non-hydrogen) atoms. The second-order valence-electron chi connectivity index (χ2n) is 5.10. The second-order valence-corrected chi connectivity index (χ2v) is 8.01. The molecule has 0 atom stereocenters. The van der Waals surface area contributed by atoms with Gasteiger partial charge in [-0.3, -0.25) is 0 Å². The first-order valence-electron chi connectivity index (χ1n) is 6.28. The van der Waals surface area contributed by atoms with Crippen LogP contribution in [0.2, 0.25) is 0 Å². The van der Waals surface area contributed by atoms with Crippen LogP contribution in [0.3, 0.4) is 0 Å². The van der Waals surface area contributed by atoms with Gasteiger partial charge in [0.2, 0.25) is 10.0 Å². The average Bonchev–Trinajstić information content (AvgIpc) is 3.00. The van der Waals surface area contributed by atoms with Crippen molar-refractivity contribution in [3.63, 3.8) is 0 Å². The van der Waals surface area contributed by atoms with Gasteiger partial charge >= 0.3 is 0 Å². The number of hydrogen-bond acceptors (Lipinski definition) is 4. The van der Waals surface area contributed by atoms with Crippen molar-refractivity contribution in [1.29, 1.82) is 0 Å². The second kappa shape index (κ2) is 5.69. The summed E-state index contributed by atoms with van der Waals surface area (Å²) < 4.78 is 27.1. The first kappa shape index (κ1) is 14.0. The van der Waals surface area contributed by atoms with Crippen LogP contribution in [0.4, 0.5) is 0 Å². The van der Waals surface area contributed by atoms with E-state index in [1.165, 1.54) is 11.3 Å². The molecule has 0 spiro atoms. The molecule has 0 bridgehead atoms. The van der Waals surface area contributed by atoms with Crippen LogP contribution < -0.4 is 10.0 Å². The molecule has 1 heterocycles. The fourth-order valence-electron chi connectivity index (χ4n) is 1.53. The third-order valence-corrected chi connectivity index (χ3v) is 5.78. The van der Waals surface area contributed by atoms with E-state index in [9.17, 15) is 8.42 Å². The van der Waals surface area contributed by atoms with Crippen molar-refractivity contribution in [2.75, 3.05) is 6.54 Å². The molecule has 0 aromatic carbocycles. The molecule has 1 saturated carbocycles. The average molecular weight is 288 g/mol. The van der Waals surface area contributed by atoms with Crippen molar-refractivity contribution >= 4 is 21.4 Å². The van der Waals surface area contributed by atoms with Crippen LogP contribution in [0.1, 0.15) is 32.3 Å². The van der Waals surface area contributed by atoms with E-state index >= 15 is 0 Å². The molecule has 102 valence electrons. The molecule has 6 heteroatoms. The predicted molar refractivity (Wildman–Crippen MR) is 74.2 cm³/mol. The van der Waals surface area contributed by atoms with Crippen molar-refractivity contribution in [2.45, 2.75) is 43.5 Å². The van der Waals surface area contributed by atoms with Crippen LogP contribution in [0, 0.1) is 5.92 Å². The molecule has 1 aromatic rings. The van der Waals surface area contributed by atoms with Crippen molar-refractivity contribution in [3.05, 3.63) is 17.0 Å². The van der Waals surface area contributed by atoms with E-state index in [0.29, 0.717) is 29.3 Å². The Labute approximate surface area is 113 Å². The number of rotatable bonds is 7. The van der Waals surface area contributed by atoms with Crippen molar-refractivity contribution in [2.24, 2.45) is 5.92 Å². The molecule has 4 nitrogen and oxygen atoms in total. The summed E-state index contributed by atoms with van der Waals surface area (Å²) in [5.74, 6) is 0.557. The van der Waals surface area contributed by atoms with Gasteiger partial charge in [0.1, 0.15) is 4.21 Å². The van der Waals surface area contributed by atoms with Gasteiger partial charge in [0, 0.05) is 19.1 Å². The molecule has 2 rings (SSSR count). The van der Waals surface area contributed by atoms with Gasteiger partial charge in [0.15, 0.2) is 0 Å². The molecule has 1 aromatic heterocycles. The zero-order valence-electron chi connectivity index (χ0n) is 10.8. The van der Waals surface area contributed by atoms with Crippen LogP contribution in [-0.4, -0.2) is 21.0 Å². The van der Waals surface area contributed by atoms with Crippen molar-refractivity contribution in [3.8, 4) is 0 Å². The molecular formula is C12H20N2O2S2. The lowest BCUT2D eigenvalue weighted by Crippen LogP contribution is -2.25. The first-order chi connectivity index (χ1) is 8.47. The predicted octanol–water partition coefficient (Wildman–Crippen LogP) is 1.93. The normalized spacial score (nSPS) is 16.4. The van der Waals surface area contributed by atoms with Gasteiger partial charge in [-0.05, 0) is 35.8 Å². The monoisotopic (exact) mass is 288 g/mol. The summed E-state index contributed by atoms with van der Waals surface area (Å²) in [6, 6.07) is 2.16. The molecule has 1 aliphatic rings. The molecule has 0 unspecified atom stereocenters. The summed E-state index contributed by atoms with van der Waals surface area (Å²) in [5.41, 5.74) is 1.03. The molecule has 0 saturated heterocycles. The zero-order valence-corrected chi connectivity index (χ0v) is 12.4. The van der Waals surface area contributed by atoms with E-state index in [1.807, 2.05) is 5.38 Å². The number of hydrogen-bond donors (Lipinski definition) is 2. The molecule has 1 fully saturated rings. The lowest BCUT2D eigenvalue weighted by Gasteiger charge is -2.05. The lowest BCUT2D eigenvalue weighted by atomic mass is 10.3. The Kier molecular flexibility index (Phi) is 4.42. The fourth-order valence-corrected chi connectivity index (χ4v) is 3.90. The minimum Gasteiger partial charge on any atom is -0.310 e. The van der Waals surface area contributed by atoms with Crippen LogP contribution in [0.25, 0.3) is 0 Å². The number of nitrogens with one attached hydrogen (secondary N) is 2. The highest BCUT2D eigenvalue weighted by Crippen LogP contribution is 2.28. The summed E-state index contributed by atoms with van der Waals surface area (Å²) in [7, 11) is -3.29. The van der Waals surface area contributed by atoms with E-state index in [0.717, 1.165) is 18.4 Å². The summed E-state index contributed by atoms with van der Waals surface area (Å²) >= 11 is 1.29. The Morgan fingerprint density at radius 2 is 2.17 bits per heavy atom. The molecule has 0 aliphatic heterocycles. The summed E-state index contributed by atoms with van der Waals surface area (Å²) in [6.07, 6.45) is 2.30. The largest absolute Gasteiger partial charge is 0.310 e. The van der Waals surface area contributed by atoms with Gasteiger partial charge < -0.3 is 5.32 Å². The van der Waals surface area contributed by atoms with Crippen molar-refractivity contribution < 1.29 is 8.42 Å².